The Hall–Kier alpha value is -2.10. The largest absolute Gasteiger partial charge is 0.494 e. The van der Waals surface area contributed by atoms with Crippen molar-refractivity contribution in [3.05, 3.63) is 66.7 Å². The van der Waals surface area contributed by atoms with Crippen LogP contribution in [0.5, 0.6) is 5.75 Å². The zero-order valence-corrected chi connectivity index (χ0v) is 19.9. The van der Waals surface area contributed by atoms with Gasteiger partial charge in [-0.25, -0.2) is 0 Å². The summed E-state index contributed by atoms with van der Waals surface area (Å²) < 4.78 is 17.9. The maximum absolute atomic E-state index is 6.04. The molecule has 0 aromatic heterocycles. The lowest BCUT2D eigenvalue weighted by molar-refractivity contribution is -0.206. The molecule has 3 heteroatoms. The molecule has 0 aliphatic carbocycles. The van der Waals surface area contributed by atoms with Gasteiger partial charge in [-0.05, 0) is 54.9 Å². The van der Waals surface area contributed by atoms with Crippen molar-refractivity contribution in [1.29, 1.82) is 0 Å². The minimum absolute atomic E-state index is 0.244. The van der Waals surface area contributed by atoms with Crippen molar-refractivity contribution in [3.63, 3.8) is 0 Å². The normalized spacial score (nSPS) is 19.4. The summed E-state index contributed by atoms with van der Waals surface area (Å²) in [4.78, 5) is 0. The molecule has 1 aliphatic rings. The maximum atomic E-state index is 6.04. The summed E-state index contributed by atoms with van der Waals surface area (Å²) in [7, 11) is 0. The van der Waals surface area contributed by atoms with Crippen molar-refractivity contribution < 1.29 is 14.2 Å². The third-order valence-corrected chi connectivity index (χ3v) is 6.41. The summed E-state index contributed by atoms with van der Waals surface area (Å²) in [6.45, 7) is 10.7. The van der Waals surface area contributed by atoms with Gasteiger partial charge in [-0.1, -0.05) is 75.6 Å². The summed E-state index contributed by atoms with van der Waals surface area (Å²) in [6, 6.07) is 16.9. The molecule has 2 aromatic rings. The highest BCUT2D eigenvalue weighted by molar-refractivity contribution is 5.64. The van der Waals surface area contributed by atoms with E-state index in [4.69, 9.17) is 14.2 Å². The Labute approximate surface area is 194 Å². The van der Waals surface area contributed by atoms with Gasteiger partial charge < -0.3 is 14.2 Å². The van der Waals surface area contributed by atoms with Gasteiger partial charge in [0.15, 0.2) is 6.29 Å². The van der Waals surface area contributed by atoms with Crippen LogP contribution in [0.2, 0.25) is 0 Å². The zero-order chi connectivity index (χ0) is 22.6. The van der Waals surface area contributed by atoms with Crippen LogP contribution in [-0.4, -0.2) is 19.8 Å². The van der Waals surface area contributed by atoms with Gasteiger partial charge in [0.05, 0.1) is 19.8 Å². The number of ether oxygens (including phenoxy) is 3. The first-order valence-corrected chi connectivity index (χ1v) is 12.4. The fourth-order valence-corrected chi connectivity index (χ4v) is 4.02. The van der Waals surface area contributed by atoms with Gasteiger partial charge >= 0.3 is 0 Å². The number of hydrogen-bond acceptors (Lipinski definition) is 3. The molecular weight excluding hydrogens is 396 g/mol. The van der Waals surface area contributed by atoms with Crippen molar-refractivity contribution in [2.24, 2.45) is 11.8 Å². The Morgan fingerprint density at radius 3 is 2.25 bits per heavy atom. The molecule has 0 amide bonds. The SMILES string of the molecule is C=CCCCCOc1ccc(-c2ccc(C3OCC(CCC[C@@H](C)CC)CO3)cc2)cc1. The van der Waals surface area contributed by atoms with Crippen LogP contribution in [0.1, 0.15) is 70.6 Å². The number of allylic oxidation sites excluding steroid dienone is 1. The molecule has 0 bridgehead atoms. The van der Waals surface area contributed by atoms with E-state index in [0.29, 0.717) is 5.92 Å². The first-order chi connectivity index (χ1) is 15.7. The summed E-state index contributed by atoms with van der Waals surface area (Å²) in [5, 5.41) is 0. The van der Waals surface area contributed by atoms with E-state index in [2.05, 4.69) is 56.8 Å². The van der Waals surface area contributed by atoms with Crippen LogP contribution in [0.15, 0.2) is 61.2 Å². The summed E-state index contributed by atoms with van der Waals surface area (Å²) in [5.41, 5.74) is 3.46. The quantitative estimate of drug-likeness (QED) is 0.235. The van der Waals surface area contributed by atoms with Gasteiger partial charge in [-0.15, -0.1) is 6.58 Å². The molecule has 0 N–H and O–H groups in total. The first-order valence-electron chi connectivity index (χ1n) is 12.4. The third-order valence-electron chi connectivity index (χ3n) is 6.41. The molecule has 32 heavy (non-hydrogen) atoms. The van der Waals surface area contributed by atoms with Crippen LogP contribution in [0.4, 0.5) is 0 Å². The molecule has 1 atom stereocenters. The lowest BCUT2D eigenvalue weighted by atomic mass is 9.96. The fraction of sp³-hybridized carbons (Fsp3) is 0.517. The van der Waals surface area contributed by atoms with E-state index >= 15 is 0 Å². The molecule has 1 saturated heterocycles. The molecule has 0 saturated carbocycles. The summed E-state index contributed by atoms with van der Waals surface area (Å²) in [6.07, 6.45) is 9.99. The van der Waals surface area contributed by atoms with Crippen molar-refractivity contribution in [2.75, 3.05) is 19.8 Å². The fourth-order valence-electron chi connectivity index (χ4n) is 4.02. The maximum Gasteiger partial charge on any atom is 0.183 e. The Morgan fingerprint density at radius 1 is 0.969 bits per heavy atom. The van der Waals surface area contributed by atoms with Crippen LogP contribution in [-0.2, 0) is 9.47 Å². The highest BCUT2D eigenvalue weighted by Crippen LogP contribution is 2.30. The Balaban J connectivity index is 1.43. The molecule has 2 aromatic carbocycles. The molecule has 1 fully saturated rings. The van der Waals surface area contributed by atoms with Crippen LogP contribution < -0.4 is 4.74 Å². The molecular formula is C29H40O3. The van der Waals surface area contributed by atoms with Gasteiger partial charge in [0, 0.05) is 11.5 Å². The van der Waals surface area contributed by atoms with Crippen molar-refractivity contribution in [1.82, 2.24) is 0 Å². The van der Waals surface area contributed by atoms with Crippen molar-refractivity contribution in [3.8, 4) is 16.9 Å². The van der Waals surface area contributed by atoms with Crippen LogP contribution in [0, 0.1) is 11.8 Å². The Bertz CT molecular complexity index is 773. The average Bonchev–Trinajstić information content (AvgIpc) is 2.85. The molecule has 3 nitrogen and oxygen atoms in total. The second-order valence-corrected chi connectivity index (χ2v) is 9.09. The van der Waals surface area contributed by atoms with Crippen molar-refractivity contribution >= 4 is 0 Å². The van der Waals surface area contributed by atoms with Gasteiger partial charge in [0.1, 0.15) is 5.75 Å². The van der Waals surface area contributed by atoms with E-state index < -0.39 is 0 Å². The molecule has 3 rings (SSSR count). The second-order valence-electron chi connectivity index (χ2n) is 9.09. The third kappa shape index (κ3) is 7.79. The number of benzene rings is 2. The van der Waals surface area contributed by atoms with E-state index in [9.17, 15) is 0 Å². The molecule has 0 unspecified atom stereocenters. The standard InChI is InChI=1S/C29H40O3/c1-4-6-7-8-20-30-28-18-16-26(17-19-28)25-12-14-27(15-13-25)29-31-21-24(22-32-29)11-9-10-23(3)5-2/h4,12-19,23-24,29H,1,5-11,20-22H2,2-3H3/t23-,24?,29?/m0/s1. The average molecular weight is 437 g/mol. The Morgan fingerprint density at radius 2 is 1.62 bits per heavy atom. The molecule has 1 aliphatic heterocycles. The number of rotatable bonds is 13. The van der Waals surface area contributed by atoms with E-state index in [0.717, 1.165) is 56.3 Å². The lowest BCUT2D eigenvalue weighted by Gasteiger charge is -2.30. The van der Waals surface area contributed by atoms with E-state index in [-0.39, 0.29) is 6.29 Å². The molecule has 1 heterocycles. The minimum Gasteiger partial charge on any atom is -0.494 e. The highest BCUT2D eigenvalue weighted by Gasteiger charge is 2.23. The Kier molecular flexibility index (Phi) is 10.3. The molecule has 0 spiro atoms. The van der Waals surface area contributed by atoms with E-state index in [1.165, 1.54) is 36.8 Å². The predicted octanol–water partition coefficient (Wildman–Crippen LogP) is 7.97. The number of unbranched alkanes of at least 4 members (excludes halogenated alkanes) is 2. The highest BCUT2D eigenvalue weighted by atomic mass is 16.7. The topological polar surface area (TPSA) is 27.7 Å². The van der Waals surface area contributed by atoms with Crippen LogP contribution in [0.3, 0.4) is 0 Å². The van der Waals surface area contributed by atoms with Crippen LogP contribution >= 0.6 is 0 Å². The van der Waals surface area contributed by atoms with Gasteiger partial charge in [0.2, 0.25) is 0 Å². The minimum atomic E-state index is -0.244. The lowest BCUT2D eigenvalue weighted by Crippen LogP contribution is -2.27. The monoisotopic (exact) mass is 436 g/mol. The first kappa shape index (κ1) is 24.5. The van der Waals surface area contributed by atoms with Gasteiger partial charge in [-0.2, -0.15) is 0 Å². The predicted molar refractivity (Wildman–Crippen MR) is 133 cm³/mol. The number of hydrogen-bond donors (Lipinski definition) is 0. The van der Waals surface area contributed by atoms with Gasteiger partial charge in [0.25, 0.3) is 0 Å². The van der Waals surface area contributed by atoms with Crippen molar-refractivity contribution in [2.45, 2.75) is 65.1 Å². The molecule has 174 valence electrons. The smallest absolute Gasteiger partial charge is 0.183 e. The molecule has 0 radical (unpaired) electrons. The van der Waals surface area contributed by atoms with Gasteiger partial charge in [-0.3, -0.25) is 0 Å². The van der Waals surface area contributed by atoms with E-state index in [1.807, 2.05) is 18.2 Å². The summed E-state index contributed by atoms with van der Waals surface area (Å²) >= 11 is 0. The second kappa shape index (κ2) is 13.4. The van der Waals surface area contributed by atoms with Crippen LogP contribution in [0.25, 0.3) is 11.1 Å². The zero-order valence-electron chi connectivity index (χ0n) is 19.9. The summed E-state index contributed by atoms with van der Waals surface area (Å²) in [5.74, 6) is 2.27. The van der Waals surface area contributed by atoms with E-state index in [1.54, 1.807) is 0 Å².